The predicted molar refractivity (Wildman–Crippen MR) is 22.1 cm³/mol. The van der Waals surface area contributed by atoms with Crippen molar-refractivity contribution in [2.24, 2.45) is 0 Å². The Labute approximate surface area is 59.5 Å². The zero-order valence-electron chi connectivity index (χ0n) is 4.71. The quantitative estimate of drug-likeness (QED) is 0.169. The van der Waals surface area contributed by atoms with Gasteiger partial charge in [0.1, 0.15) is 0 Å². The summed E-state index contributed by atoms with van der Waals surface area (Å²) in [6.45, 7) is 0. The first kappa shape index (κ1) is 13.3. The molecule has 0 heterocycles. The molecule has 0 unspecified atom stereocenters. The van der Waals surface area contributed by atoms with Crippen molar-refractivity contribution in [2.45, 2.75) is 0 Å². The summed E-state index contributed by atoms with van der Waals surface area (Å²) >= 11 is -8.12. The number of hydrogen-bond acceptors (Lipinski definition) is 8. The second-order valence-electron chi connectivity index (χ2n) is 1.19. The first-order valence-corrected chi connectivity index (χ1v) is 7.51. The van der Waals surface area contributed by atoms with Gasteiger partial charge in [0.2, 0.25) is 0 Å². The van der Waals surface area contributed by atoms with Gasteiger partial charge in [0.15, 0.2) is 0 Å². The molecule has 0 aromatic carbocycles. The monoisotopic (exact) mass is 360 g/mol. The number of nitrogens with zero attached hydrogens (tertiary/aromatic N) is 1. The molecule has 0 aromatic rings. The predicted octanol–water partition coefficient (Wildman–Crippen LogP) is -3.69. The molecule has 0 rings (SSSR count). The molecule has 0 bridgehead atoms. The van der Waals surface area contributed by atoms with E-state index < -0.39 is 20.9 Å². The topological polar surface area (TPSA) is 185 Å². The minimum atomic E-state index is -8.12. The third-order valence-electron chi connectivity index (χ3n) is 0. The Morgan fingerprint density at radius 1 is 1.00 bits per heavy atom. The SMILES string of the molecule is O=[N+]([O-])O.[OH][Pt]([OH])([OH])([OH])([OH])[OH]. The summed E-state index contributed by atoms with van der Waals surface area (Å²) in [4.78, 5) is 8.36. The third kappa shape index (κ3) is 4560. The molecule has 0 saturated carbocycles. The molecular formula is H7NO9Pt. The summed E-state index contributed by atoms with van der Waals surface area (Å²) in [5.74, 6) is 0. The van der Waals surface area contributed by atoms with Crippen LogP contribution in [0, 0.1) is 10.1 Å². The average molecular weight is 360 g/mol. The third-order valence-corrected chi connectivity index (χ3v) is 0. The molecule has 0 aromatic heterocycles. The molecule has 0 amide bonds. The molecule has 0 radical (unpaired) electrons. The second kappa shape index (κ2) is 2.32. The van der Waals surface area contributed by atoms with E-state index in [9.17, 15) is 0 Å². The van der Waals surface area contributed by atoms with Crippen LogP contribution in [0.2, 0.25) is 0 Å². The van der Waals surface area contributed by atoms with Gasteiger partial charge in [-0.2, -0.15) is 0 Å². The van der Waals surface area contributed by atoms with Crippen LogP contribution >= 0.6 is 0 Å². The Bertz CT molecular complexity index is 127. The summed E-state index contributed by atoms with van der Waals surface area (Å²) in [6.07, 6.45) is 0. The molecule has 0 aliphatic carbocycles. The van der Waals surface area contributed by atoms with Crippen molar-refractivity contribution in [2.75, 3.05) is 0 Å². The summed E-state index contributed by atoms with van der Waals surface area (Å²) in [5.41, 5.74) is 0. The van der Waals surface area contributed by atoms with Crippen molar-refractivity contribution < 1.29 is 48.7 Å². The first-order valence-electron chi connectivity index (χ1n) is 1.41. The van der Waals surface area contributed by atoms with Crippen molar-refractivity contribution in [3.8, 4) is 0 Å². The molecule has 0 fully saturated rings. The zero-order chi connectivity index (χ0) is 9.99. The second-order valence-corrected chi connectivity index (χ2v) is 8.00. The molecule has 0 aliphatic heterocycles. The van der Waals surface area contributed by atoms with E-state index in [0.29, 0.717) is 0 Å². The normalized spacial score (nSPS) is 16.9. The van der Waals surface area contributed by atoms with Crippen LogP contribution < -0.4 is 0 Å². The van der Waals surface area contributed by atoms with Gasteiger partial charge in [-0.25, -0.2) is 0 Å². The molecule has 76 valence electrons. The first-order chi connectivity index (χ1) is 4.18. The van der Waals surface area contributed by atoms with Gasteiger partial charge in [-0.15, -0.1) is 10.1 Å². The molecule has 0 saturated heterocycles. The maximum atomic E-state index is 8.36. The van der Waals surface area contributed by atoms with E-state index in [1.165, 1.54) is 0 Å². The Morgan fingerprint density at radius 2 is 1.00 bits per heavy atom. The van der Waals surface area contributed by atoms with Crippen molar-refractivity contribution in [1.82, 2.24) is 0 Å². The Morgan fingerprint density at radius 3 is 1.00 bits per heavy atom. The van der Waals surface area contributed by atoms with E-state index in [2.05, 4.69) is 0 Å². The molecule has 10 nitrogen and oxygen atoms in total. The van der Waals surface area contributed by atoms with Crippen LogP contribution in [0.3, 0.4) is 0 Å². The fourth-order valence-corrected chi connectivity index (χ4v) is 0. The van der Waals surface area contributed by atoms with Gasteiger partial charge in [-0.1, -0.05) is 0 Å². The molecule has 0 atom stereocenters. The fourth-order valence-electron chi connectivity index (χ4n) is 0. The van der Waals surface area contributed by atoms with Gasteiger partial charge in [0.05, 0.1) is 0 Å². The summed E-state index contributed by atoms with van der Waals surface area (Å²) in [7, 11) is 0. The fraction of sp³-hybridized carbons (Fsp3) is 0. The van der Waals surface area contributed by atoms with Crippen LogP contribution in [-0.2, 0) is 15.8 Å². The van der Waals surface area contributed by atoms with E-state index in [-0.39, 0.29) is 0 Å². The van der Waals surface area contributed by atoms with Crippen molar-refractivity contribution in [3.63, 3.8) is 0 Å². The maximum absolute atomic E-state index is 8.36. The van der Waals surface area contributed by atoms with E-state index in [0.717, 1.165) is 0 Å². The van der Waals surface area contributed by atoms with Gasteiger partial charge in [0, 0.05) is 0 Å². The zero-order valence-corrected chi connectivity index (χ0v) is 6.98. The average Bonchev–Trinajstić information content (AvgIpc) is 1.11. The Kier molecular flexibility index (Phi) is 2.79. The van der Waals surface area contributed by atoms with Gasteiger partial charge in [-0.3, -0.25) is 0 Å². The van der Waals surface area contributed by atoms with E-state index in [1.54, 1.807) is 0 Å². The van der Waals surface area contributed by atoms with Crippen LogP contribution in [0.5, 0.6) is 0 Å². The van der Waals surface area contributed by atoms with E-state index in [4.69, 9.17) is 37.9 Å². The molecule has 0 aliphatic rings. The van der Waals surface area contributed by atoms with Crippen LogP contribution in [0.25, 0.3) is 0 Å². The van der Waals surface area contributed by atoms with Crippen molar-refractivity contribution in [3.05, 3.63) is 10.1 Å². The number of rotatable bonds is 0. The van der Waals surface area contributed by atoms with E-state index >= 15 is 0 Å². The van der Waals surface area contributed by atoms with Gasteiger partial charge < -0.3 is 5.21 Å². The standard InChI is InChI=1S/HNO3.6H2O.Pt/c2-1(3)4;;;;;;;/h(H,2,3,4);6*1H2;/q;;;;;;;+6/p-6. The van der Waals surface area contributed by atoms with E-state index in [1.807, 2.05) is 0 Å². The van der Waals surface area contributed by atoms with Gasteiger partial charge >= 0.3 is 38.4 Å². The van der Waals surface area contributed by atoms with Gasteiger partial charge in [-0.05, 0) is 0 Å². The van der Waals surface area contributed by atoms with Crippen molar-refractivity contribution >= 4 is 0 Å². The summed E-state index contributed by atoms with van der Waals surface area (Å²) < 4.78 is 44.5. The Hall–Kier alpha value is -0.352. The summed E-state index contributed by atoms with van der Waals surface area (Å²) in [6, 6.07) is 0. The van der Waals surface area contributed by atoms with Gasteiger partial charge in [0.25, 0.3) is 5.09 Å². The van der Waals surface area contributed by atoms with Crippen LogP contribution in [0.1, 0.15) is 0 Å². The summed E-state index contributed by atoms with van der Waals surface area (Å²) in [5, 5.41) is 13.6. The molecular weight excluding hydrogens is 353 g/mol. The Balaban J connectivity index is 0. The molecule has 7 N–H and O–H groups in total. The molecule has 11 heavy (non-hydrogen) atoms. The molecule has 0 spiro atoms. The van der Waals surface area contributed by atoms with Crippen LogP contribution in [0.15, 0.2) is 0 Å². The molecule has 11 heteroatoms. The van der Waals surface area contributed by atoms with Crippen LogP contribution in [-0.4, -0.2) is 32.9 Å². The van der Waals surface area contributed by atoms with Crippen molar-refractivity contribution in [1.29, 1.82) is 0 Å². The van der Waals surface area contributed by atoms with Crippen LogP contribution in [0.4, 0.5) is 0 Å². The minimum absolute atomic E-state index is 1.50. The number of hydrogen-bond donors (Lipinski definition) is 7.